The molecule has 1 N–H and O–H groups in total. The van der Waals surface area contributed by atoms with E-state index in [1.807, 2.05) is 55.5 Å². The highest BCUT2D eigenvalue weighted by Gasteiger charge is 2.11. The van der Waals surface area contributed by atoms with E-state index in [0.717, 1.165) is 16.9 Å². The number of hydrogen-bond donors (Lipinski definition) is 1. The van der Waals surface area contributed by atoms with Gasteiger partial charge in [0.05, 0.1) is 13.3 Å². The molecule has 0 radical (unpaired) electrons. The van der Waals surface area contributed by atoms with Crippen molar-refractivity contribution in [1.82, 2.24) is 9.88 Å². The van der Waals surface area contributed by atoms with Crippen LogP contribution in [-0.2, 0) is 22.6 Å². The third-order valence-electron chi connectivity index (χ3n) is 4.91. The topological polar surface area (TPSA) is 84.7 Å². The Balaban J connectivity index is 1.54. The molecule has 1 heterocycles. The number of benzene rings is 2. The van der Waals surface area contributed by atoms with Crippen LogP contribution in [0.5, 0.6) is 5.75 Å². The van der Waals surface area contributed by atoms with Gasteiger partial charge in [0.25, 0.3) is 0 Å². The number of carbonyl (C=O) groups is 2. The maximum atomic E-state index is 12.4. The molecular formula is C24H27N3O4. The van der Waals surface area contributed by atoms with Crippen molar-refractivity contribution < 1.29 is 18.7 Å². The van der Waals surface area contributed by atoms with Crippen LogP contribution in [-0.4, -0.2) is 35.4 Å². The second-order valence-corrected chi connectivity index (χ2v) is 7.13. The molecular weight excluding hydrogens is 394 g/mol. The fourth-order valence-electron chi connectivity index (χ4n) is 3.17. The molecule has 7 heteroatoms. The van der Waals surface area contributed by atoms with Crippen molar-refractivity contribution in [3.63, 3.8) is 0 Å². The van der Waals surface area contributed by atoms with E-state index in [1.165, 1.54) is 0 Å². The molecule has 0 unspecified atom stereocenters. The number of nitrogens with zero attached hydrogens (tertiary/aromatic N) is 2. The van der Waals surface area contributed by atoms with Gasteiger partial charge < -0.3 is 19.4 Å². The molecule has 162 valence electrons. The number of carbonyl (C=O) groups excluding carboxylic acids is 2. The van der Waals surface area contributed by atoms with Crippen LogP contribution in [0.4, 0.5) is 5.69 Å². The van der Waals surface area contributed by atoms with Crippen molar-refractivity contribution in [3.05, 3.63) is 66.2 Å². The van der Waals surface area contributed by atoms with Crippen LogP contribution >= 0.6 is 0 Å². The average Bonchev–Trinajstić information content (AvgIpc) is 3.25. The molecule has 2 amide bonds. The highest BCUT2D eigenvalue weighted by atomic mass is 16.5. The Bertz CT molecular complexity index is 1030. The molecule has 7 nitrogen and oxygen atoms in total. The Labute approximate surface area is 182 Å². The molecule has 0 fully saturated rings. The number of methoxy groups -OCH3 is 1. The molecule has 3 aromatic rings. The second-order valence-electron chi connectivity index (χ2n) is 7.13. The van der Waals surface area contributed by atoms with Gasteiger partial charge in [0.1, 0.15) is 5.75 Å². The quantitative estimate of drug-likeness (QED) is 0.557. The molecule has 0 aliphatic carbocycles. The van der Waals surface area contributed by atoms with E-state index in [-0.39, 0.29) is 18.2 Å². The SMILES string of the molecule is CCN(Cc1cccc(NC(=O)CCc2ncc(-c3ccc(OC)cc3)o2)c1)C(C)=O. The summed E-state index contributed by atoms with van der Waals surface area (Å²) in [7, 11) is 1.62. The molecule has 0 saturated carbocycles. The Morgan fingerprint density at radius 1 is 1.16 bits per heavy atom. The summed E-state index contributed by atoms with van der Waals surface area (Å²) in [6.07, 6.45) is 2.31. The van der Waals surface area contributed by atoms with Crippen molar-refractivity contribution in [2.45, 2.75) is 33.2 Å². The molecule has 0 bridgehead atoms. The van der Waals surface area contributed by atoms with Crippen LogP contribution < -0.4 is 10.1 Å². The summed E-state index contributed by atoms with van der Waals surface area (Å²) in [5, 5.41) is 2.90. The predicted molar refractivity (Wildman–Crippen MR) is 119 cm³/mol. The van der Waals surface area contributed by atoms with E-state index >= 15 is 0 Å². The van der Waals surface area contributed by atoms with Crippen molar-refractivity contribution in [3.8, 4) is 17.1 Å². The summed E-state index contributed by atoms with van der Waals surface area (Å²) in [5.41, 5.74) is 2.56. The first kappa shape index (κ1) is 22.1. The van der Waals surface area contributed by atoms with E-state index in [1.54, 1.807) is 25.1 Å². The lowest BCUT2D eigenvalue weighted by atomic mass is 10.1. The minimum atomic E-state index is -0.125. The largest absolute Gasteiger partial charge is 0.497 e. The minimum absolute atomic E-state index is 0.0249. The molecule has 2 aromatic carbocycles. The lowest BCUT2D eigenvalue weighted by Crippen LogP contribution is -2.27. The first-order chi connectivity index (χ1) is 15.0. The number of nitrogens with one attached hydrogen (secondary N) is 1. The van der Waals surface area contributed by atoms with Gasteiger partial charge in [-0.1, -0.05) is 12.1 Å². The summed E-state index contributed by atoms with van der Waals surface area (Å²) < 4.78 is 10.9. The Morgan fingerprint density at radius 2 is 1.94 bits per heavy atom. The van der Waals surface area contributed by atoms with Crippen LogP contribution in [0, 0.1) is 0 Å². The number of anilines is 1. The van der Waals surface area contributed by atoms with Crippen LogP contribution in [0.25, 0.3) is 11.3 Å². The Kier molecular flexibility index (Phi) is 7.43. The van der Waals surface area contributed by atoms with Crippen LogP contribution in [0.15, 0.2) is 59.1 Å². The average molecular weight is 421 g/mol. The van der Waals surface area contributed by atoms with Gasteiger partial charge in [0.15, 0.2) is 11.7 Å². The number of hydrogen-bond acceptors (Lipinski definition) is 5. The number of amides is 2. The lowest BCUT2D eigenvalue weighted by molar-refractivity contribution is -0.129. The maximum Gasteiger partial charge on any atom is 0.224 e. The number of ether oxygens (including phenoxy) is 1. The number of rotatable bonds is 9. The first-order valence-corrected chi connectivity index (χ1v) is 10.2. The monoisotopic (exact) mass is 421 g/mol. The smallest absolute Gasteiger partial charge is 0.224 e. The zero-order chi connectivity index (χ0) is 22.2. The van der Waals surface area contributed by atoms with Gasteiger partial charge in [-0.15, -0.1) is 0 Å². The summed E-state index contributed by atoms with van der Waals surface area (Å²) in [5.74, 6) is 1.83. The lowest BCUT2D eigenvalue weighted by Gasteiger charge is -2.19. The normalized spacial score (nSPS) is 10.5. The molecule has 0 atom stereocenters. The number of aryl methyl sites for hydroxylation is 1. The van der Waals surface area contributed by atoms with Crippen molar-refractivity contribution in [2.24, 2.45) is 0 Å². The van der Waals surface area contributed by atoms with Gasteiger partial charge in [0.2, 0.25) is 11.8 Å². The van der Waals surface area contributed by atoms with Gasteiger partial charge in [0, 0.05) is 44.1 Å². The van der Waals surface area contributed by atoms with Gasteiger partial charge in [-0.05, 0) is 48.9 Å². The molecule has 0 aliphatic rings. The number of aromatic nitrogens is 1. The van der Waals surface area contributed by atoms with Crippen LogP contribution in [0.2, 0.25) is 0 Å². The van der Waals surface area contributed by atoms with Crippen LogP contribution in [0.3, 0.4) is 0 Å². The predicted octanol–water partition coefficient (Wildman–Crippen LogP) is 4.29. The minimum Gasteiger partial charge on any atom is -0.497 e. The van der Waals surface area contributed by atoms with Crippen molar-refractivity contribution in [1.29, 1.82) is 0 Å². The van der Waals surface area contributed by atoms with E-state index < -0.39 is 0 Å². The van der Waals surface area contributed by atoms with Gasteiger partial charge in [-0.3, -0.25) is 9.59 Å². The number of oxazole rings is 1. The standard InChI is InChI=1S/C24H27N3O4/c1-4-27(17(2)28)16-18-6-5-7-20(14-18)26-23(29)12-13-24-25-15-22(31-24)19-8-10-21(30-3)11-9-19/h5-11,14-15H,4,12-13,16H2,1-3H3,(H,26,29). The zero-order valence-electron chi connectivity index (χ0n) is 18.1. The molecule has 3 rings (SSSR count). The van der Waals surface area contributed by atoms with Gasteiger partial charge in [-0.2, -0.15) is 0 Å². The Morgan fingerprint density at radius 3 is 2.61 bits per heavy atom. The first-order valence-electron chi connectivity index (χ1n) is 10.2. The van der Waals surface area contributed by atoms with E-state index in [0.29, 0.717) is 36.8 Å². The third kappa shape index (κ3) is 6.18. The van der Waals surface area contributed by atoms with Gasteiger partial charge >= 0.3 is 0 Å². The summed E-state index contributed by atoms with van der Waals surface area (Å²) in [6, 6.07) is 15.0. The highest BCUT2D eigenvalue weighted by Crippen LogP contribution is 2.23. The molecule has 31 heavy (non-hydrogen) atoms. The van der Waals surface area contributed by atoms with E-state index in [2.05, 4.69) is 10.3 Å². The fraction of sp³-hybridized carbons (Fsp3) is 0.292. The van der Waals surface area contributed by atoms with Crippen molar-refractivity contribution >= 4 is 17.5 Å². The van der Waals surface area contributed by atoms with Gasteiger partial charge in [-0.25, -0.2) is 4.98 Å². The Hall–Kier alpha value is -3.61. The summed E-state index contributed by atoms with van der Waals surface area (Å²) in [4.78, 5) is 30.0. The third-order valence-corrected chi connectivity index (χ3v) is 4.91. The van der Waals surface area contributed by atoms with E-state index in [9.17, 15) is 9.59 Å². The van der Waals surface area contributed by atoms with Crippen LogP contribution in [0.1, 0.15) is 31.7 Å². The second kappa shape index (κ2) is 10.4. The molecule has 0 saturated heterocycles. The molecule has 0 aliphatic heterocycles. The molecule has 0 spiro atoms. The fourth-order valence-corrected chi connectivity index (χ4v) is 3.17. The van der Waals surface area contributed by atoms with Crippen molar-refractivity contribution in [2.75, 3.05) is 19.0 Å². The highest BCUT2D eigenvalue weighted by molar-refractivity contribution is 5.90. The summed E-state index contributed by atoms with van der Waals surface area (Å²) in [6.45, 7) is 4.65. The maximum absolute atomic E-state index is 12.4. The molecule has 1 aromatic heterocycles. The van der Waals surface area contributed by atoms with E-state index in [4.69, 9.17) is 9.15 Å². The zero-order valence-corrected chi connectivity index (χ0v) is 18.1. The summed E-state index contributed by atoms with van der Waals surface area (Å²) >= 11 is 0.